The molecule has 0 unspecified atom stereocenters. The van der Waals surface area contributed by atoms with Gasteiger partial charge in [-0.05, 0) is 24.3 Å². The topological polar surface area (TPSA) is 53.6 Å². The van der Waals surface area contributed by atoms with Crippen LogP contribution in [0.3, 0.4) is 0 Å². The largest absolute Gasteiger partial charge is 0.484 e. The number of carbonyl (C=O) groups excluding carboxylic acids is 1. The van der Waals surface area contributed by atoms with Crippen LogP contribution in [0.4, 0.5) is 0 Å². The van der Waals surface area contributed by atoms with Gasteiger partial charge in [0.1, 0.15) is 5.75 Å². The van der Waals surface area contributed by atoms with E-state index in [9.17, 15) is 4.79 Å². The van der Waals surface area contributed by atoms with Crippen LogP contribution in [-0.2, 0) is 4.79 Å². The summed E-state index contributed by atoms with van der Waals surface area (Å²) in [6, 6.07) is 6.95. The van der Waals surface area contributed by atoms with Gasteiger partial charge < -0.3 is 15.4 Å². The molecule has 0 aliphatic carbocycles. The second-order valence-corrected chi connectivity index (χ2v) is 4.81. The predicted octanol–water partition coefficient (Wildman–Crippen LogP) is 0.698. The monoisotopic (exact) mass is 283 g/mol. The molecule has 104 valence electrons. The Kier molecular flexibility index (Phi) is 5.44. The van der Waals surface area contributed by atoms with Crippen molar-refractivity contribution >= 4 is 17.5 Å². The first-order valence-electron chi connectivity index (χ1n) is 6.32. The Bertz CT molecular complexity index is 405. The first-order valence-corrected chi connectivity index (χ1v) is 6.70. The Hall–Kier alpha value is -1.30. The lowest BCUT2D eigenvalue weighted by Crippen LogP contribution is -2.48. The van der Waals surface area contributed by atoms with Gasteiger partial charge in [-0.15, -0.1) is 0 Å². The Labute approximate surface area is 117 Å². The molecule has 19 heavy (non-hydrogen) atoms. The van der Waals surface area contributed by atoms with Gasteiger partial charge in [0.25, 0.3) is 5.91 Å². The van der Waals surface area contributed by atoms with E-state index in [1.165, 1.54) is 0 Å². The zero-order valence-corrected chi connectivity index (χ0v) is 11.4. The number of halogens is 1. The van der Waals surface area contributed by atoms with Crippen LogP contribution in [0.25, 0.3) is 0 Å². The number of hydrogen-bond donors (Lipinski definition) is 2. The van der Waals surface area contributed by atoms with Gasteiger partial charge in [0, 0.05) is 31.2 Å². The summed E-state index contributed by atoms with van der Waals surface area (Å²) in [5.74, 6) is 0.523. The Morgan fingerprint density at radius 2 is 2.00 bits per heavy atom. The van der Waals surface area contributed by atoms with Crippen LogP contribution in [0.1, 0.15) is 0 Å². The van der Waals surface area contributed by atoms with Crippen LogP contribution in [0.5, 0.6) is 5.75 Å². The molecule has 0 atom stereocenters. The summed E-state index contributed by atoms with van der Waals surface area (Å²) < 4.78 is 5.36. The van der Waals surface area contributed by atoms with E-state index >= 15 is 0 Å². The molecule has 0 bridgehead atoms. The van der Waals surface area contributed by atoms with E-state index in [-0.39, 0.29) is 12.5 Å². The molecule has 1 aliphatic heterocycles. The van der Waals surface area contributed by atoms with Crippen molar-refractivity contribution in [3.8, 4) is 5.75 Å². The molecule has 0 spiro atoms. The maximum atomic E-state index is 11.6. The molecular weight excluding hydrogens is 266 g/mol. The summed E-state index contributed by atoms with van der Waals surface area (Å²) >= 11 is 5.76. The average Bonchev–Trinajstić information content (AvgIpc) is 2.45. The van der Waals surface area contributed by atoms with Crippen molar-refractivity contribution in [1.82, 2.24) is 15.5 Å². The molecule has 0 saturated carbocycles. The molecule has 1 aromatic rings. The first kappa shape index (κ1) is 14.1. The second kappa shape index (κ2) is 7.33. The molecule has 1 amide bonds. The van der Waals surface area contributed by atoms with E-state index in [4.69, 9.17) is 16.3 Å². The number of carbonyl (C=O) groups is 1. The normalized spacial score (nSPS) is 16.1. The molecule has 2 N–H and O–H groups in total. The molecule has 1 aliphatic rings. The fourth-order valence-electron chi connectivity index (χ4n) is 1.80. The minimum atomic E-state index is -0.117. The third-order valence-corrected chi connectivity index (χ3v) is 3.14. The molecule has 1 aromatic carbocycles. The zero-order chi connectivity index (χ0) is 13.5. The Morgan fingerprint density at radius 3 is 2.68 bits per heavy atom. The van der Waals surface area contributed by atoms with E-state index in [1.807, 2.05) is 0 Å². The highest BCUT2D eigenvalue weighted by molar-refractivity contribution is 6.30. The van der Waals surface area contributed by atoms with Gasteiger partial charge in [-0.1, -0.05) is 11.6 Å². The first-order chi connectivity index (χ1) is 9.24. The van der Waals surface area contributed by atoms with Gasteiger partial charge in [-0.3, -0.25) is 9.69 Å². The van der Waals surface area contributed by atoms with E-state index in [0.717, 1.165) is 26.2 Å². The smallest absolute Gasteiger partial charge is 0.258 e. The number of piperazine rings is 1. The molecule has 0 aromatic heterocycles. The van der Waals surface area contributed by atoms with Gasteiger partial charge in [-0.25, -0.2) is 0 Å². The van der Waals surface area contributed by atoms with Crippen molar-refractivity contribution in [2.75, 3.05) is 39.5 Å². The summed E-state index contributed by atoms with van der Waals surface area (Å²) in [4.78, 5) is 13.8. The SMILES string of the molecule is O=C(COc1ccc(Cl)cc1)NCN1CCNCC1. The number of rotatable bonds is 5. The number of ether oxygens (including phenoxy) is 1. The van der Waals surface area contributed by atoms with Crippen LogP contribution >= 0.6 is 11.6 Å². The summed E-state index contributed by atoms with van der Waals surface area (Å²) in [6.45, 7) is 4.45. The summed E-state index contributed by atoms with van der Waals surface area (Å²) in [7, 11) is 0. The van der Waals surface area contributed by atoms with Gasteiger partial charge in [-0.2, -0.15) is 0 Å². The van der Waals surface area contributed by atoms with Crippen molar-refractivity contribution in [2.24, 2.45) is 0 Å². The van der Waals surface area contributed by atoms with Crippen molar-refractivity contribution in [3.63, 3.8) is 0 Å². The summed E-state index contributed by atoms with van der Waals surface area (Å²) in [6.07, 6.45) is 0. The van der Waals surface area contributed by atoms with Gasteiger partial charge in [0.15, 0.2) is 6.61 Å². The van der Waals surface area contributed by atoms with Crippen molar-refractivity contribution < 1.29 is 9.53 Å². The number of nitrogens with zero attached hydrogens (tertiary/aromatic N) is 1. The molecule has 6 heteroatoms. The average molecular weight is 284 g/mol. The maximum absolute atomic E-state index is 11.6. The second-order valence-electron chi connectivity index (χ2n) is 4.37. The highest BCUT2D eigenvalue weighted by atomic mass is 35.5. The molecule has 1 fully saturated rings. The molecule has 5 nitrogen and oxygen atoms in total. The van der Waals surface area contributed by atoms with E-state index in [2.05, 4.69) is 15.5 Å². The Morgan fingerprint density at radius 1 is 1.32 bits per heavy atom. The molecule has 1 heterocycles. The number of hydrogen-bond acceptors (Lipinski definition) is 4. The highest BCUT2D eigenvalue weighted by Gasteiger charge is 2.10. The zero-order valence-electron chi connectivity index (χ0n) is 10.7. The minimum absolute atomic E-state index is 0.0215. The van der Waals surface area contributed by atoms with Crippen LogP contribution in [-0.4, -0.2) is 50.3 Å². The molecule has 1 saturated heterocycles. The molecule has 0 radical (unpaired) electrons. The maximum Gasteiger partial charge on any atom is 0.258 e. The van der Waals surface area contributed by atoms with E-state index < -0.39 is 0 Å². The third-order valence-electron chi connectivity index (χ3n) is 2.89. The van der Waals surface area contributed by atoms with Crippen LogP contribution in [0.2, 0.25) is 5.02 Å². The van der Waals surface area contributed by atoms with E-state index in [1.54, 1.807) is 24.3 Å². The third kappa shape index (κ3) is 5.06. The quantitative estimate of drug-likeness (QED) is 0.835. The van der Waals surface area contributed by atoms with Crippen molar-refractivity contribution in [1.29, 1.82) is 0 Å². The van der Waals surface area contributed by atoms with Gasteiger partial charge in [0.2, 0.25) is 0 Å². The van der Waals surface area contributed by atoms with Crippen molar-refractivity contribution in [3.05, 3.63) is 29.3 Å². The molecule has 2 rings (SSSR count). The Balaban J connectivity index is 1.65. The number of benzene rings is 1. The highest BCUT2D eigenvalue weighted by Crippen LogP contribution is 2.15. The van der Waals surface area contributed by atoms with Crippen LogP contribution in [0, 0.1) is 0 Å². The summed E-state index contributed by atoms with van der Waals surface area (Å²) in [5, 5.41) is 6.75. The standard InChI is InChI=1S/C13H18ClN3O2/c14-11-1-3-12(4-2-11)19-9-13(18)16-10-17-7-5-15-6-8-17/h1-4,15H,5-10H2,(H,16,18). The van der Waals surface area contributed by atoms with Crippen LogP contribution < -0.4 is 15.4 Å². The number of nitrogens with one attached hydrogen (secondary N) is 2. The summed E-state index contributed by atoms with van der Waals surface area (Å²) in [5.41, 5.74) is 0. The minimum Gasteiger partial charge on any atom is -0.484 e. The lowest BCUT2D eigenvalue weighted by atomic mass is 10.3. The van der Waals surface area contributed by atoms with Gasteiger partial charge in [0.05, 0.1) is 6.67 Å². The van der Waals surface area contributed by atoms with Crippen molar-refractivity contribution in [2.45, 2.75) is 0 Å². The fraction of sp³-hybridized carbons (Fsp3) is 0.462. The fourth-order valence-corrected chi connectivity index (χ4v) is 1.93. The van der Waals surface area contributed by atoms with Crippen LogP contribution in [0.15, 0.2) is 24.3 Å². The van der Waals surface area contributed by atoms with E-state index in [0.29, 0.717) is 17.4 Å². The lowest BCUT2D eigenvalue weighted by molar-refractivity contribution is -0.123. The predicted molar refractivity (Wildman–Crippen MR) is 74.4 cm³/mol. The number of amides is 1. The lowest BCUT2D eigenvalue weighted by Gasteiger charge is -2.27. The molecular formula is C13H18ClN3O2. The van der Waals surface area contributed by atoms with Gasteiger partial charge >= 0.3 is 0 Å².